The second-order valence-corrected chi connectivity index (χ2v) is 5.91. The molecule has 4 heteroatoms. The van der Waals surface area contributed by atoms with Crippen LogP contribution in [0, 0.1) is 13.8 Å². The highest BCUT2D eigenvalue weighted by Gasteiger charge is 2.09. The van der Waals surface area contributed by atoms with Gasteiger partial charge in [0, 0.05) is 28.9 Å². The number of benzene rings is 1. The number of para-hydroxylation sites is 1. The van der Waals surface area contributed by atoms with Gasteiger partial charge in [0.05, 0.1) is 11.2 Å². The topological polar surface area (TPSA) is 51.0 Å². The highest BCUT2D eigenvalue weighted by molar-refractivity contribution is 5.91. The number of aryl methyl sites for hydroxylation is 3. The van der Waals surface area contributed by atoms with Gasteiger partial charge in [-0.25, -0.2) is 0 Å². The van der Waals surface area contributed by atoms with Crippen LogP contribution in [0.5, 0.6) is 0 Å². The van der Waals surface area contributed by atoms with Gasteiger partial charge in [-0.2, -0.15) is 0 Å². The summed E-state index contributed by atoms with van der Waals surface area (Å²) in [7, 11) is 0. The monoisotopic (exact) mass is 309 g/mol. The summed E-state index contributed by atoms with van der Waals surface area (Å²) in [4.78, 5) is 4.75. The van der Waals surface area contributed by atoms with Crippen molar-refractivity contribution in [2.75, 3.05) is 11.9 Å². The molecule has 0 radical (unpaired) electrons. The number of aromatic nitrogens is 2. The van der Waals surface area contributed by atoms with Crippen molar-refractivity contribution in [2.24, 2.45) is 0 Å². The summed E-state index contributed by atoms with van der Waals surface area (Å²) in [5, 5.41) is 8.76. The number of hydrogen-bond acceptors (Lipinski definition) is 4. The number of nitrogens with one attached hydrogen (secondary N) is 1. The molecule has 23 heavy (non-hydrogen) atoms. The summed E-state index contributed by atoms with van der Waals surface area (Å²) in [5.74, 6) is 0.913. The number of pyridine rings is 1. The second kappa shape index (κ2) is 6.82. The van der Waals surface area contributed by atoms with Crippen LogP contribution in [-0.2, 0) is 12.8 Å². The smallest absolute Gasteiger partial charge is 0.137 e. The van der Waals surface area contributed by atoms with Crippen molar-refractivity contribution in [1.82, 2.24) is 10.1 Å². The van der Waals surface area contributed by atoms with E-state index in [1.807, 2.05) is 19.9 Å². The fourth-order valence-electron chi connectivity index (χ4n) is 2.94. The van der Waals surface area contributed by atoms with Gasteiger partial charge in [0.1, 0.15) is 5.76 Å². The van der Waals surface area contributed by atoms with E-state index in [9.17, 15) is 0 Å². The number of hydrogen-bond donors (Lipinski definition) is 1. The van der Waals surface area contributed by atoms with Crippen LogP contribution < -0.4 is 5.32 Å². The first-order valence-corrected chi connectivity index (χ1v) is 8.23. The van der Waals surface area contributed by atoms with E-state index < -0.39 is 0 Å². The molecular formula is C19H23N3O. The summed E-state index contributed by atoms with van der Waals surface area (Å²) >= 11 is 0. The first-order chi connectivity index (χ1) is 11.2. The molecule has 0 aliphatic heterocycles. The molecule has 0 spiro atoms. The third-order valence-electron chi connectivity index (χ3n) is 4.15. The minimum Gasteiger partial charge on any atom is -0.384 e. The molecule has 0 bridgehead atoms. The van der Waals surface area contributed by atoms with Crippen molar-refractivity contribution < 1.29 is 4.52 Å². The van der Waals surface area contributed by atoms with E-state index in [-0.39, 0.29) is 0 Å². The largest absolute Gasteiger partial charge is 0.384 e. The number of fused-ring (bicyclic) bond motifs is 1. The van der Waals surface area contributed by atoms with Crippen LogP contribution in [0.1, 0.15) is 36.1 Å². The Labute approximate surface area is 136 Å². The van der Waals surface area contributed by atoms with Gasteiger partial charge in [0.25, 0.3) is 0 Å². The summed E-state index contributed by atoms with van der Waals surface area (Å²) in [5.41, 5.74) is 5.54. The Morgan fingerprint density at radius 1 is 1.13 bits per heavy atom. The number of nitrogens with zero attached hydrogens (tertiary/aromatic N) is 2. The number of rotatable bonds is 6. The maximum atomic E-state index is 5.23. The van der Waals surface area contributed by atoms with Crippen molar-refractivity contribution in [3.05, 3.63) is 53.0 Å². The average Bonchev–Trinajstić information content (AvgIpc) is 2.87. The zero-order valence-electron chi connectivity index (χ0n) is 14.0. The number of anilines is 1. The lowest BCUT2D eigenvalue weighted by Crippen LogP contribution is -2.07. The Bertz CT molecular complexity index is 788. The van der Waals surface area contributed by atoms with Crippen molar-refractivity contribution in [3.63, 3.8) is 0 Å². The summed E-state index contributed by atoms with van der Waals surface area (Å²) in [6.07, 6.45) is 3.01. The zero-order valence-corrected chi connectivity index (χ0v) is 14.0. The van der Waals surface area contributed by atoms with Crippen molar-refractivity contribution in [3.8, 4) is 0 Å². The van der Waals surface area contributed by atoms with Gasteiger partial charge in [-0.1, -0.05) is 36.7 Å². The van der Waals surface area contributed by atoms with E-state index >= 15 is 0 Å². The molecule has 0 saturated heterocycles. The molecule has 0 fully saturated rings. The molecule has 3 aromatic rings. The van der Waals surface area contributed by atoms with Crippen LogP contribution >= 0.6 is 0 Å². The Hall–Kier alpha value is -2.36. The first kappa shape index (κ1) is 15.5. The van der Waals surface area contributed by atoms with Crippen LogP contribution in [0.25, 0.3) is 10.9 Å². The van der Waals surface area contributed by atoms with Crippen LogP contribution in [0.3, 0.4) is 0 Å². The van der Waals surface area contributed by atoms with E-state index in [0.717, 1.165) is 54.2 Å². The lowest BCUT2D eigenvalue weighted by atomic mass is 10.1. The molecule has 1 aromatic carbocycles. The first-order valence-electron chi connectivity index (χ1n) is 8.23. The van der Waals surface area contributed by atoms with Crippen molar-refractivity contribution >= 4 is 16.6 Å². The van der Waals surface area contributed by atoms with Gasteiger partial charge in [-0.05, 0) is 38.8 Å². The Morgan fingerprint density at radius 3 is 2.70 bits per heavy atom. The van der Waals surface area contributed by atoms with E-state index in [2.05, 4.69) is 41.7 Å². The molecule has 120 valence electrons. The van der Waals surface area contributed by atoms with Gasteiger partial charge in [-0.3, -0.25) is 4.98 Å². The third-order valence-corrected chi connectivity index (χ3v) is 4.15. The van der Waals surface area contributed by atoms with Gasteiger partial charge in [0.2, 0.25) is 0 Å². The fourth-order valence-corrected chi connectivity index (χ4v) is 2.94. The molecule has 0 amide bonds. The summed E-state index contributed by atoms with van der Waals surface area (Å²) in [6.45, 7) is 6.99. The standard InChI is InChI=1S/C19H23N3O/c1-4-7-15-12-19(17-8-5-6-9-18(17)21-15)20-11-10-16-13(2)22-23-14(16)3/h5-6,8-9,12H,4,7,10-11H2,1-3H3,(H,20,21). The molecule has 4 nitrogen and oxygen atoms in total. The van der Waals surface area contributed by atoms with Crippen LogP contribution in [-0.4, -0.2) is 16.7 Å². The molecule has 0 aliphatic carbocycles. The van der Waals surface area contributed by atoms with E-state index in [1.165, 1.54) is 10.9 Å². The molecule has 0 unspecified atom stereocenters. The molecule has 0 atom stereocenters. The van der Waals surface area contributed by atoms with Gasteiger partial charge in [-0.15, -0.1) is 0 Å². The predicted molar refractivity (Wildman–Crippen MR) is 93.9 cm³/mol. The summed E-state index contributed by atoms with van der Waals surface area (Å²) < 4.78 is 5.23. The Kier molecular flexibility index (Phi) is 4.60. The highest BCUT2D eigenvalue weighted by atomic mass is 16.5. The fraction of sp³-hybridized carbons (Fsp3) is 0.368. The molecule has 0 saturated carbocycles. The van der Waals surface area contributed by atoms with Crippen LogP contribution in [0.2, 0.25) is 0 Å². The Balaban J connectivity index is 1.81. The molecule has 0 aliphatic rings. The zero-order chi connectivity index (χ0) is 16.2. The maximum absolute atomic E-state index is 5.23. The molecule has 2 aromatic heterocycles. The van der Waals surface area contributed by atoms with Gasteiger partial charge >= 0.3 is 0 Å². The molecule has 2 heterocycles. The van der Waals surface area contributed by atoms with Crippen LogP contribution in [0.4, 0.5) is 5.69 Å². The molecule has 1 N–H and O–H groups in total. The predicted octanol–water partition coefficient (Wildman–Crippen LogP) is 4.45. The van der Waals surface area contributed by atoms with Crippen molar-refractivity contribution in [1.29, 1.82) is 0 Å². The average molecular weight is 309 g/mol. The summed E-state index contributed by atoms with van der Waals surface area (Å²) in [6, 6.07) is 10.5. The van der Waals surface area contributed by atoms with E-state index in [1.54, 1.807) is 0 Å². The van der Waals surface area contributed by atoms with Crippen LogP contribution in [0.15, 0.2) is 34.9 Å². The third kappa shape index (κ3) is 3.36. The highest BCUT2D eigenvalue weighted by Crippen LogP contribution is 2.24. The van der Waals surface area contributed by atoms with E-state index in [4.69, 9.17) is 9.51 Å². The SMILES string of the molecule is CCCc1cc(NCCc2c(C)noc2C)c2ccccc2n1. The minimum atomic E-state index is 0.850. The maximum Gasteiger partial charge on any atom is 0.137 e. The van der Waals surface area contributed by atoms with Crippen molar-refractivity contribution in [2.45, 2.75) is 40.0 Å². The molecular weight excluding hydrogens is 286 g/mol. The Morgan fingerprint density at radius 2 is 1.96 bits per heavy atom. The lowest BCUT2D eigenvalue weighted by Gasteiger charge is -2.12. The molecule has 3 rings (SSSR count). The normalized spacial score (nSPS) is 11.1. The van der Waals surface area contributed by atoms with E-state index in [0.29, 0.717) is 0 Å². The van der Waals surface area contributed by atoms with Gasteiger partial charge < -0.3 is 9.84 Å². The second-order valence-electron chi connectivity index (χ2n) is 5.91. The lowest BCUT2D eigenvalue weighted by molar-refractivity contribution is 0.392. The quantitative estimate of drug-likeness (QED) is 0.731. The minimum absolute atomic E-state index is 0.850. The van der Waals surface area contributed by atoms with Gasteiger partial charge in [0.15, 0.2) is 0 Å².